The molecule has 1 amide bonds. The van der Waals surface area contributed by atoms with Gasteiger partial charge in [-0.2, -0.15) is 0 Å². The molecule has 0 aromatic carbocycles. The van der Waals surface area contributed by atoms with Crippen LogP contribution in [-0.2, 0) is 4.79 Å². The highest BCUT2D eigenvalue weighted by Crippen LogP contribution is 2.01. The van der Waals surface area contributed by atoms with E-state index in [2.05, 4.69) is 10.9 Å². The second kappa shape index (κ2) is 2.55. The highest BCUT2D eigenvalue weighted by Gasteiger charge is 2.03. The molecule has 0 atom stereocenters. The molecule has 0 aliphatic carbocycles. The Hall–Kier alpha value is -0.960. The summed E-state index contributed by atoms with van der Waals surface area (Å²) >= 11 is 5.43. The van der Waals surface area contributed by atoms with Crippen molar-refractivity contribution in [2.24, 2.45) is 0 Å². The molecule has 1 aliphatic rings. The lowest BCUT2D eigenvalue weighted by molar-refractivity contribution is -0.117. The van der Waals surface area contributed by atoms with E-state index in [0.717, 1.165) is 0 Å². The fourth-order valence-corrected chi connectivity index (χ4v) is 0.543. The van der Waals surface area contributed by atoms with Crippen molar-refractivity contribution in [1.29, 1.82) is 0 Å². The van der Waals surface area contributed by atoms with Crippen LogP contribution in [0.15, 0.2) is 23.4 Å². The van der Waals surface area contributed by atoms with E-state index in [4.69, 9.17) is 11.6 Å². The lowest BCUT2D eigenvalue weighted by Crippen LogP contribution is -2.32. The first-order valence-electron chi connectivity index (χ1n) is 2.39. The number of hydrazine groups is 1. The van der Waals surface area contributed by atoms with Gasteiger partial charge < -0.3 is 5.43 Å². The Labute approximate surface area is 57.3 Å². The van der Waals surface area contributed by atoms with E-state index in [1.165, 1.54) is 6.08 Å². The highest BCUT2D eigenvalue weighted by atomic mass is 35.5. The normalized spacial score (nSPS) is 17.4. The van der Waals surface area contributed by atoms with Crippen LogP contribution in [0, 0.1) is 0 Å². The summed E-state index contributed by atoms with van der Waals surface area (Å²) in [4.78, 5) is 10.6. The molecule has 2 N–H and O–H groups in total. The molecule has 9 heavy (non-hydrogen) atoms. The number of carbonyl (C=O) groups excluding carboxylic acids is 1. The second-order valence-corrected chi connectivity index (χ2v) is 1.88. The number of rotatable bonds is 0. The van der Waals surface area contributed by atoms with Crippen LogP contribution in [0.4, 0.5) is 0 Å². The van der Waals surface area contributed by atoms with Crippen LogP contribution in [0.1, 0.15) is 0 Å². The Kier molecular flexibility index (Phi) is 1.75. The van der Waals surface area contributed by atoms with Crippen LogP contribution in [0.25, 0.3) is 0 Å². The molecule has 48 valence electrons. The molecule has 0 aromatic heterocycles. The fourth-order valence-electron chi connectivity index (χ4n) is 0.423. The molecule has 0 aromatic rings. The van der Waals surface area contributed by atoms with Gasteiger partial charge in [0.25, 0.3) is 5.91 Å². The molecule has 0 radical (unpaired) electrons. The Morgan fingerprint density at radius 1 is 1.56 bits per heavy atom. The summed E-state index contributed by atoms with van der Waals surface area (Å²) in [6.07, 6.45) is 4.73. The Balaban J connectivity index is 2.74. The lowest BCUT2D eigenvalue weighted by atomic mass is 10.5. The van der Waals surface area contributed by atoms with Crippen LogP contribution in [0.2, 0.25) is 0 Å². The molecule has 0 fully saturated rings. The van der Waals surface area contributed by atoms with E-state index in [1.807, 2.05) is 0 Å². The molecule has 3 nitrogen and oxygen atoms in total. The third-order valence-corrected chi connectivity index (χ3v) is 1.12. The van der Waals surface area contributed by atoms with Crippen LogP contribution < -0.4 is 10.9 Å². The largest absolute Gasteiger partial charge is 0.306 e. The van der Waals surface area contributed by atoms with Crippen molar-refractivity contribution in [3.63, 3.8) is 0 Å². The van der Waals surface area contributed by atoms with Gasteiger partial charge in [-0.25, -0.2) is 0 Å². The first-order chi connectivity index (χ1) is 4.30. The monoisotopic (exact) mass is 144 g/mol. The van der Waals surface area contributed by atoms with Gasteiger partial charge in [-0.15, -0.1) is 0 Å². The Morgan fingerprint density at radius 3 is 3.11 bits per heavy atom. The maximum absolute atomic E-state index is 10.6. The van der Waals surface area contributed by atoms with Gasteiger partial charge in [0.1, 0.15) is 5.03 Å². The van der Waals surface area contributed by atoms with Gasteiger partial charge in [0, 0.05) is 6.20 Å². The van der Waals surface area contributed by atoms with Crippen molar-refractivity contribution >= 4 is 17.5 Å². The maximum atomic E-state index is 10.6. The summed E-state index contributed by atoms with van der Waals surface area (Å²) in [7, 11) is 0. The van der Waals surface area contributed by atoms with Gasteiger partial charge in [-0.3, -0.25) is 10.2 Å². The van der Waals surface area contributed by atoms with E-state index < -0.39 is 0 Å². The number of hydrogen-bond donors (Lipinski definition) is 2. The molecule has 0 unspecified atom stereocenters. The Bertz CT molecular complexity index is 185. The van der Waals surface area contributed by atoms with Gasteiger partial charge in [0.05, 0.1) is 0 Å². The van der Waals surface area contributed by atoms with Crippen molar-refractivity contribution in [1.82, 2.24) is 10.9 Å². The molecule has 0 saturated carbocycles. The van der Waals surface area contributed by atoms with Gasteiger partial charge in [-0.05, 0) is 12.2 Å². The molecule has 0 spiro atoms. The summed E-state index contributed by atoms with van der Waals surface area (Å²) < 4.78 is 0. The van der Waals surface area contributed by atoms with Crippen LogP contribution in [0.5, 0.6) is 0 Å². The highest BCUT2D eigenvalue weighted by molar-refractivity contribution is 6.42. The minimum absolute atomic E-state index is 0.177. The van der Waals surface area contributed by atoms with Crippen LogP contribution in [-0.4, -0.2) is 5.91 Å². The van der Waals surface area contributed by atoms with E-state index in [-0.39, 0.29) is 10.9 Å². The van der Waals surface area contributed by atoms with Crippen LogP contribution in [0.3, 0.4) is 0 Å². The van der Waals surface area contributed by atoms with Gasteiger partial charge in [0.15, 0.2) is 0 Å². The summed E-state index contributed by atoms with van der Waals surface area (Å²) in [6.45, 7) is 0. The first-order valence-corrected chi connectivity index (χ1v) is 2.77. The topological polar surface area (TPSA) is 41.1 Å². The second-order valence-electron chi connectivity index (χ2n) is 1.47. The summed E-state index contributed by atoms with van der Waals surface area (Å²) in [5.41, 5.74) is 4.83. The average molecular weight is 145 g/mol. The summed E-state index contributed by atoms with van der Waals surface area (Å²) in [5.74, 6) is -0.318. The minimum atomic E-state index is -0.318. The van der Waals surface area contributed by atoms with Crippen molar-refractivity contribution in [2.75, 3.05) is 0 Å². The Morgan fingerprint density at radius 2 is 2.33 bits per heavy atom. The maximum Gasteiger partial charge on any atom is 0.281 e. The number of allylic oxidation sites excluding steroid dienone is 2. The number of hydrogen-bond acceptors (Lipinski definition) is 2. The zero-order chi connectivity index (χ0) is 6.69. The SMILES string of the molecule is O=C1NNC=CC=C1Cl. The van der Waals surface area contributed by atoms with Crippen molar-refractivity contribution < 1.29 is 4.79 Å². The smallest absolute Gasteiger partial charge is 0.281 e. The standard InChI is InChI=1S/C5H5ClN2O/c6-4-2-1-3-7-8-5(4)9/h1-3,7H,(H,8,9). The predicted octanol–water partition coefficient (Wildman–Crippen LogP) is 0.257. The van der Waals surface area contributed by atoms with Crippen molar-refractivity contribution in [2.45, 2.75) is 0 Å². The summed E-state index contributed by atoms with van der Waals surface area (Å²) in [6, 6.07) is 0. The first kappa shape index (κ1) is 6.16. The van der Waals surface area contributed by atoms with E-state index in [0.29, 0.717) is 0 Å². The third-order valence-electron chi connectivity index (χ3n) is 0.825. The van der Waals surface area contributed by atoms with E-state index in [9.17, 15) is 4.79 Å². The molecule has 1 aliphatic heterocycles. The molecule has 0 saturated heterocycles. The number of halogens is 1. The van der Waals surface area contributed by atoms with Gasteiger partial charge in [-0.1, -0.05) is 11.6 Å². The molecule has 1 rings (SSSR count). The lowest BCUT2D eigenvalue weighted by Gasteiger charge is -1.97. The fraction of sp³-hybridized carbons (Fsp3) is 0. The quantitative estimate of drug-likeness (QED) is 0.512. The molecule has 4 heteroatoms. The molecule has 0 bridgehead atoms. The van der Waals surface area contributed by atoms with Gasteiger partial charge >= 0.3 is 0 Å². The predicted molar refractivity (Wildman–Crippen MR) is 34.4 cm³/mol. The molecular weight excluding hydrogens is 140 g/mol. The minimum Gasteiger partial charge on any atom is -0.306 e. The zero-order valence-electron chi connectivity index (χ0n) is 4.52. The molecular formula is C5H5ClN2O. The van der Waals surface area contributed by atoms with E-state index in [1.54, 1.807) is 12.3 Å². The van der Waals surface area contributed by atoms with Crippen molar-refractivity contribution in [3.8, 4) is 0 Å². The summed E-state index contributed by atoms with van der Waals surface area (Å²) in [5, 5.41) is 0.177. The van der Waals surface area contributed by atoms with Crippen LogP contribution >= 0.6 is 11.6 Å². The zero-order valence-corrected chi connectivity index (χ0v) is 5.27. The number of carbonyl (C=O) groups is 1. The third kappa shape index (κ3) is 1.47. The van der Waals surface area contributed by atoms with E-state index >= 15 is 0 Å². The number of amides is 1. The van der Waals surface area contributed by atoms with Crippen molar-refractivity contribution in [3.05, 3.63) is 23.4 Å². The van der Waals surface area contributed by atoms with Gasteiger partial charge in [0.2, 0.25) is 0 Å². The average Bonchev–Trinajstić information content (AvgIpc) is 1.99. The molecule has 1 heterocycles. The number of nitrogens with one attached hydrogen (secondary N) is 2.